The number of piperazine rings is 2. The third kappa shape index (κ3) is 4.03. The molecule has 3 aliphatic rings. The lowest BCUT2D eigenvalue weighted by atomic mass is 9.90. The molecule has 154 valence electrons. The molecular formula is C20H31N5O2S. The Labute approximate surface area is 171 Å². The van der Waals surface area contributed by atoms with Crippen LogP contribution in [-0.2, 0) is 22.4 Å². The number of fused-ring (bicyclic) bond motifs is 1. The van der Waals surface area contributed by atoms with Crippen LogP contribution in [0.1, 0.15) is 30.3 Å². The fraction of sp³-hybridized carbons (Fsp3) is 0.750. The van der Waals surface area contributed by atoms with Gasteiger partial charge < -0.3 is 19.6 Å². The van der Waals surface area contributed by atoms with Gasteiger partial charge in [0, 0.05) is 69.6 Å². The van der Waals surface area contributed by atoms with Crippen LogP contribution in [-0.4, -0.2) is 90.9 Å². The number of hydrogen-bond acceptors (Lipinski definition) is 6. The minimum atomic E-state index is 0.114. The van der Waals surface area contributed by atoms with Gasteiger partial charge in [0.2, 0.25) is 11.8 Å². The maximum atomic E-state index is 13.0. The van der Waals surface area contributed by atoms with E-state index in [1.54, 1.807) is 11.3 Å². The van der Waals surface area contributed by atoms with E-state index in [1.165, 1.54) is 10.6 Å². The van der Waals surface area contributed by atoms with Crippen LogP contribution in [0.5, 0.6) is 0 Å². The van der Waals surface area contributed by atoms with Crippen LogP contribution in [0, 0.1) is 5.92 Å². The van der Waals surface area contributed by atoms with Gasteiger partial charge in [-0.1, -0.05) is 6.92 Å². The molecule has 1 aromatic rings. The predicted octanol–water partition coefficient (Wildman–Crippen LogP) is 1.08. The van der Waals surface area contributed by atoms with E-state index in [0.717, 1.165) is 76.8 Å². The van der Waals surface area contributed by atoms with E-state index in [-0.39, 0.29) is 11.8 Å². The van der Waals surface area contributed by atoms with Crippen LogP contribution in [0.4, 0.5) is 5.13 Å². The van der Waals surface area contributed by atoms with E-state index in [9.17, 15) is 9.59 Å². The molecule has 2 amide bonds. The molecule has 1 aliphatic carbocycles. The molecular weight excluding hydrogens is 374 g/mol. The van der Waals surface area contributed by atoms with E-state index in [1.807, 2.05) is 11.8 Å². The third-order valence-electron chi connectivity index (χ3n) is 6.30. The van der Waals surface area contributed by atoms with Crippen LogP contribution < -0.4 is 4.90 Å². The predicted molar refractivity (Wildman–Crippen MR) is 111 cm³/mol. The molecule has 1 aromatic heterocycles. The zero-order valence-corrected chi connectivity index (χ0v) is 17.8. The highest BCUT2D eigenvalue weighted by Gasteiger charge is 2.32. The molecule has 2 aliphatic heterocycles. The van der Waals surface area contributed by atoms with Crippen molar-refractivity contribution in [3.63, 3.8) is 0 Å². The number of thiazole rings is 1. The number of aryl methyl sites for hydroxylation is 1. The topological polar surface area (TPSA) is 60.0 Å². The fourth-order valence-corrected chi connectivity index (χ4v) is 5.60. The van der Waals surface area contributed by atoms with Crippen molar-refractivity contribution in [1.29, 1.82) is 0 Å². The molecule has 4 rings (SSSR count). The first-order valence-corrected chi connectivity index (χ1v) is 11.4. The number of amides is 2. The number of anilines is 1. The minimum Gasteiger partial charge on any atom is -0.345 e. The number of nitrogens with zero attached hydrogens (tertiary/aromatic N) is 5. The Bertz CT molecular complexity index is 720. The zero-order chi connectivity index (χ0) is 19.7. The fourth-order valence-electron chi connectivity index (χ4n) is 4.36. The molecule has 0 radical (unpaired) electrons. The van der Waals surface area contributed by atoms with Crippen molar-refractivity contribution in [1.82, 2.24) is 19.7 Å². The van der Waals surface area contributed by atoms with Crippen LogP contribution in [0.2, 0.25) is 0 Å². The van der Waals surface area contributed by atoms with Gasteiger partial charge in [-0.2, -0.15) is 0 Å². The van der Waals surface area contributed by atoms with Gasteiger partial charge in [-0.15, -0.1) is 11.3 Å². The van der Waals surface area contributed by atoms with Gasteiger partial charge in [0.25, 0.3) is 0 Å². The highest BCUT2D eigenvalue weighted by atomic mass is 32.1. The lowest BCUT2D eigenvalue weighted by Crippen LogP contribution is -2.49. The number of rotatable bonds is 3. The van der Waals surface area contributed by atoms with Crippen LogP contribution in [0.3, 0.4) is 0 Å². The Morgan fingerprint density at radius 1 is 1.04 bits per heavy atom. The summed E-state index contributed by atoms with van der Waals surface area (Å²) in [5.74, 6) is 0.687. The van der Waals surface area contributed by atoms with Crippen molar-refractivity contribution in [2.75, 3.05) is 64.3 Å². The summed E-state index contributed by atoms with van der Waals surface area (Å²) in [6, 6.07) is 0. The van der Waals surface area contributed by atoms with Crippen LogP contribution >= 0.6 is 11.3 Å². The molecule has 8 heteroatoms. The molecule has 0 bridgehead atoms. The smallest absolute Gasteiger partial charge is 0.226 e. The van der Waals surface area contributed by atoms with Gasteiger partial charge in [0.05, 0.1) is 5.69 Å². The van der Waals surface area contributed by atoms with Crippen molar-refractivity contribution in [3.05, 3.63) is 10.6 Å². The summed E-state index contributed by atoms with van der Waals surface area (Å²) in [5.41, 5.74) is 1.19. The van der Waals surface area contributed by atoms with Crippen molar-refractivity contribution >= 4 is 28.3 Å². The second kappa shape index (κ2) is 8.37. The van der Waals surface area contributed by atoms with Gasteiger partial charge >= 0.3 is 0 Å². The van der Waals surface area contributed by atoms with Crippen molar-refractivity contribution < 1.29 is 9.59 Å². The standard InChI is InChI=1S/C20H31N5O2S/c1-3-18(26)23-10-12-25(13-11-23)20-21-16-5-4-15(14-17(16)28-20)19(27)24-8-6-22(2)7-9-24/h15H,3-14H2,1-2H3/t15-/m1/s1. The number of hydrogen-bond donors (Lipinski definition) is 0. The molecule has 2 fully saturated rings. The summed E-state index contributed by atoms with van der Waals surface area (Å²) >= 11 is 1.76. The second-order valence-electron chi connectivity index (χ2n) is 8.16. The Morgan fingerprint density at radius 3 is 2.39 bits per heavy atom. The monoisotopic (exact) mass is 405 g/mol. The number of carbonyl (C=O) groups excluding carboxylic acids is 2. The zero-order valence-electron chi connectivity index (χ0n) is 17.0. The van der Waals surface area contributed by atoms with Crippen molar-refractivity contribution in [2.45, 2.75) is 32.6 Å². The Morgan fingerprint density at radius 2 is 1.71 bits per heavy atom. The number of aromatic nitrogens is 1. The quantitative estimate of drug-likeness (QED) is 0.753. The van der Waals surface area contributed by atoms with Gasteiger partial charge in [-0.25, -0.2) is 4.98 Å². The normalized spacial score (nSPS) is 23.6. The summed E-state index contributed by atoms with van der Waals surface area (Å²) in [4.78, 5) is 39.6. The third-order valence-corrected chi connectivity index (χ3v) is 7.48. The molecule has 1 atom stereocenters. The Balaban J connectivity index is 1.36. The molecule has 2 saturated heterocycles. The number of carbonyl (C=O) groups is 2. The van der Waals surface area contributed by atoms with E-state index in [2.05, 4.69) is 21.7 Å². The molecule has 7 nitrogen and oxygen atoms in total. The second-order valence-corrected chi connectivity index (χ2v) is 9.22. The SMILES string of the molecule is CCC(=O)N1CCN(c2nc3c(s2)C[C@H](C(=O)N2CCN(C)CC2)CC3)CC1. The first-order valence-electron chi connectivity index (χ1n) is 10.5. The summed E-state index contributed by atoms with van der Waals surface area (Å²) in [6.45, 7) is 8.83. The molecule has 0 unspecified atom stereocenters. The van der Waals surface area contributed by atoms with Gasteiger partial charge in [-0.05, 0) is 26.3 Å². The Kier molecular flexibility index (Phi) is 5.87. The average Bonchev–Trinajstić information content (AvgIpc) is 3.16. The highest BCUT2D eigenvalue weighted by Crippen LogP contribution is 2.35. The molecule has 0 aromatic carbocycles. The first kappa shape index (κ1) is 19.6. The van der Waals surface area contributed by atoms with Gasteiger partial charge in [-0.3, -0.25) is 9.59 Å². The van der Waals surface area contributed by atoms with Crippen molar-refractivity contribution in [2.24, 2.45) is 5.92 Å². The van der Waals surface area contributed by atoms with Crippen LogP contribution in [0.25, 0.3) is 0 Å². The molecule has 3 heterocycles. The highest BCUT2D eigenvalue weighted by molar-refractivity contribution is 7.15. The van der Waals surface area contributed by atoms with Gasteiger partial charge in [0.15, 0.2) is 5.13 Å². The molecule has 0 spiro atoms. The van der Waals surface area contributed by atoms with Crippen LogP contribution in [0.15, 0.2) is 0 Å². The lowest BCUT2D eigenvalue weighted by Gasteiger charge is -2.35. The van der Waals surface area contributed by atoms with E-state index in [0.29, 0.717) is 12.3 Å². The maximum Gasteiger partial charge on any atom is 0.226 e. The minimum absolute atomic E-state index is 0.114. The van der Waals surface area contributed by atoms with E-state index in [4.69, 9.17) is 4.98 Å². The first-order chi connectivity index (χ1) is 13.5. The largest absolute Gasteiger partial charge is 0.345 e. The lowest BCUT2D eigenvalue weighted by molar-refractivity contribution is -0.137. The summed E-state index contributed by atoms with van der Waals surface area (Å²) in [6.07, 6.45) is 3.24. The summed E-state index contributed by atoms with van der Waals surface area (Å²) in [5, 5.41) is 1.07. The molecule has 28 heavy (non-hydrogen) atoms. The number of likely N-dealkylation sites (N-methyl/N-ethyl adjacent to an activating group) is 1. The van der Waals surface area contributed by atoms with Gasteiger partial charge in [0.1, 0.15) is 0 Å². The summed E-state index contributed by atoms with van der Waals surface area (Å²) < 4.78 is 0. The maximum absolute atomic E-state index is 13.0. The average molecular weight is 406 g/mol. The van der Waals surface area contributed by atoms with E-state index >= 15 is 0 Å². The Hall–Kier alpha value is -1.67. The summed E-state index contributed by atoms with van der Waals surface area (Å²) in [7, 11) is 2.12. The molecule has 0 N–H and O–H groups in total. The van der Waals surface area contributed by atoms with E-state index < -0.39 is 0 Å². The van der Waals surface area contributed by atoms with Crippen molar-refractivity contribution in [3.8, 4) is 0 Å². The molecule has 0 saturated carbocycles.